The number of carbonyl (C=O) groups is 3. The number of nitrogens with one attached hydrogen (secondary N) is 2. The Morgan fingerprint density at radius 3 is 2.58 bits per heavy atom. The lowest BCUT2D eigenvalue weighted by Crippen LogP contribution is -2.54. The van der Waals surface area contributed by atoms with Gasteiger partial charge in [-0.2, -0.15) is 0 Å². The molecule has 4 amide bonds. The molecule has 6 nitrogen and oxygen atoms in total. The summed E-state index contributed by atoms with van der Waals surface area (Å²) in [5, 5.41) is 5.80. The standard InChI is InChI=1S/C18H29N3O3/c1-13-7-5-6-10-18(13)16(23)21(17(24)20-18)12-15(22)19-11-14-8-3-2-4-9-14/h13-14H,2-12H2,1H3,(H,19,22)(H,20,24)/t13-,18+/m0/s1. The van der Waals surface area contributed by atoms with Crippen molar-refractivity contribution in [3.8, 4) is 0 Å². The van der Waals surface area contributed by atoms with E-state index >= 15 is 0 Å². The monoisotopic (exact) mass is 335 g/mol. The van der Waals surface area contributed by atoms with Gasteiger partial charge in [-0.25, -0.2) is 4.79 Å². The van der Waals surface area contributed by atoms with E-state index in [9.17, 15) is 14.4 Å². The Balaban J connectivity index is 1.55. The summed E-state index contributed by atoms with van der Waals surface area (Å²) in [6, 6.07) is -0.415. The molecule has 2 aliphatic carbocycles. The Labute approximate surface area is 143 Å². The van der Waals surface area contributed by atoms with Crippen molar-refractivity contribution in [2.24, 2.45) is 11.8 Å². The number of nitrogens with zero attached hydrogens (tertiary/aromatic N) is 1. The van der Waals surface area contributed by atoms with E-state index in [1.807, 2.05) is 6.92 Å². The molecule has 1 spiro atoms. The van der Waals surface area contributed by atoms with Gasteiger partial charge in [0.1, 0.15) is 12.1 Å². The van der Waals surface area contributed by atoms with Crippen LogP contribution in [0.5, 0.6) is 0 Å². The van der Waals surface area contributed by atoms with Crippen LogP contribution in [0.3, 0.4) is 0 Å². The summed E-state index contributed by atoms with van der Waals surface area (Å²) in [6.45, 7) is 2.51. The van der Waals surface area contributed by atoms with Crippen LogP contribution >= 0.6 is 0 Å². The Morgan fingerprint density at radius 1 is 1.17 bits per heavy atom. The van der Waals surface area contributed by atoms with E-state index in [4.69, 9.17) is 0 Å². The third-order valence-electron chi connectivity index (χ3n) is 6.12. The lowest BCUT2D eigenvalue weighted by molar-refractivity contribution is -0.137. The van der Waals surface area contributed by atoms with Gasteiger partial charge < -0.3 is 10.6 Å². The lowest BCUT2D eigenvalue weighted by atomic mass is 9.73. The van der Waals surface area contributed by atoms with Crippen molar-refractivity contribution in [1.29, 1.82) is 0 Å². The number of urea groups is 1. The molecule has 0 bridgehead atoms. The predicted molar refractivity (Wildman–Crippen MR) is 90.2 cm³/mol. The van der Waals surface area contributed by atoms with Crippen LogP contribution in [-0.4, -0.2) is 41.4 Å². The van der Waals surface area contributed by atoms with Crippen LogP contribution in [0.15, 0.2) is 0 Å². The van der Waals surface area contributed by atoms with E-state index in [0.717, 1.165) is 37.0 Å². The summed E-state index contributed by atoms with van der Waals surface area (Å²) < 4.78 is 0. The molecule has 0 aromatic rings. The molecule has 2 saturated carbocycles. The highest BCUT2D eigenvalue weighted by molar-refractivity contribution is 6.09. The minimum absolute atomic E-state index is 0.123. The molecule has 3 fully saturated rings. The number of hydrogen-bond donors (Lipinski definition) is 2. The van der Waals surface area contributed by atoms with E-state index in [1.54, 1.807) is 0 Å². The van der Waals surface area contributed by atoms with Gasteiger partial charge in [-0.15, -0.1) is 0 Å². The van der Waals surface area contributed by atoms with Gasteiger partial charge in [0.15, 0.2) is 0 Å². The molecule has 0 radical (unpaired) electrons. The highest BCUT2D eigenvalue weighted by atomic mass is 16.2. The van der Waals surface area contributed by atoms with Gasteiger partial charge in [0.05, 0.1) is 0 Å². The van der Waals surface area contributed by atoms with Crippen molar-refractivity contribution in [3.63, 3.8) is 0 Å². The fourth-order valence-corrected chi connectivity index (χ4v) is 4.49. The first-order chi connectivity index (χ1) is 11.5. The molecule has 2 N–H and O–H groups in total. The molecule has 1 heterocycles. The molecular weight excluding hydrogens is 306 g/mol. The zero-order chi connectivity index (χ0) is 17.2. The molecule has 24 heavy (non-hydrogen) atoms. The molecule has 134 valence electrons. The first kappa shape index (κ1) is 17.2. The first-order valence-electron chi connectivity index (χ1n) is 9.44. The van der Waals surface area contributed by atoms with Crippen molar-refractivity contribution < 1.29 is 14.4 Å². The zero-order valence-corrected chi connectivity index (χ0v) is 14.6. The SMILES string of the molecule is C[C@H]1CCCC[C@@]12NC(=O)N(CC(=O)NCC1CCCCC1)C2=O. The minimum Gasteiger partial charge on any atom is -0.354 e. The van der Waals surface area contributed by atoms with E-state index < -0.39 is 11.6 Å². The second kappa shape index (κ2) is 7.11. The van der Waals surface area contributed by atoms with Gasteiger partial charge in [0.2, 0.25) is 5.91 Å². The molecule has 2 atom stereocenters. The number of carbonyl (C=O) groups excluding carboxylic acids is 3. The second-order valence-electron chi connectivity index (χ2n) is 7.75. The topological polar surface area (TPSA) is 78.5 Å². The van der Waals surface area contributed by atoms with Crippen LogP contribution in [0.2, 0.25) is 0 Å². The normalized spacial score (nSPS) is 31.4. The minimum atomic E-state index is -0.779. The molecule has 3 rings (SSSR count). The van der Waals surface area contributed by atoms with E-state index in [0.29, 0.717) is 18.9 Å². The Kier molecular flexibility index (Phi) is 5.11. The third kappa shape index (κ3) is 3.28. The average molecular weight is 335 g/mol. The summed E-state index contributed by atoms with van der Waals surface area (Å²) in [7, 11) is 0. The molecule has 1 saturated heterocycles. The van der Waals surface area contributed by atoms with Crippen LogP contribution in [0.25, 0.3) is 0 Å². The molecule has 0 aromatic carbocycles. The van der Waals surface area contributed by atoms with Crippen molar-refractivity contribution >= 4 is 17.8 Å². The number of amides is 4. The van der Waals surface area contributed by atoms with Crippen LogP contribution < -0.4 is 10.6 Å². The molecule has 1 aliphatic heterocycles. The number of imide groups is 1. The van der Waals surface area contributed by atoms with Crippen LogP contribution in [0.1, 0.15) is 64.7 Å². The van der Waals surface area contributed by atoms with E-state index in [-0.39, 0.29) is 24.3 Å². The maximum absolute atomic E-state index is 12.8. The number of rotatable bonds is 4. The van der Waals surface area contributed by atoms with Crippen LogP contribution in [-0.2, 0) is 9.59 Å². The Hall–Kier alpha value is -1.59. The molecule has 0 unspecified atom stereocenters. The fraction of sp³-hybridized carbons (Fsp3) is 0.833. The van der Waals surface area contributed by atoms with Gasteiger partial charge in [-0.1, -0.05) is 39.0 Å². The predicted octanol–water partition coefficient (Wildman–Crippen LogP) is 2.18. The van der Waals surface area contributed by atoms with E-state index in [2.05, 4.69) is 10.6 Å². The van der Waals surface area contributed by atoms with Crippen molar-refractivity contribution in [1.82, 2.24) is 15.5 Å². The summed E-state index contributed by atoms with van der Waals surface area (Å²) in [5.41, 5.74) is -0.779. The Bertz CT molecular complexity index is 516. The molecule has 3 aliphatic rings. The summed E-state index contributed by atoms with van der Waals surface area (Å²) in [4.78, 5) is 38.4. The summed E-state index contributed by atoms with van der Waals surface area (Å²) >= 11 is 0. The first-order valence-corrected chi connectivity index (χ1v) is 9.44. The molecule has 6 heteroatoms. The average Bonchev–Trinajstić information content (AvgIpc) is 2.82. The number of hydrogen-bond acceptors (Lipinski definition) is 3. The summed E-state index contributed by atoms with van der Waals surface area (Å²) in [6.07, 6.45) is 9.71. The lowest BCUT2D eigenvalue weighted by Gasteiger charge is -2.36. The van der Waals surface area contributed by atoms with Crippen molar-refractivity contribution in [3.05, 3.63) is 0 Å². The maximum atomic E-state index is 12.8. The highest BCUT2D eigenvalue weighted by Crippen LogP contribution is 2.38. The quantitative estimate of drug-likeness (QED) is 0.773. The van der Waals surface area contributed by atoms with Gasteiger partial charge in [-0.05, 0) is 37.5 Å². The Morgan fingerprint density at radius 2 is 1.88 bits per heavy atom. The highest BCUT2D eigenvalue weighted by Gasteiger charge is 2.55. The largest absolute Gasteiger partial charge is 0.354 e. The van der Waals surface area contributed by atoms with Crippen molar-refractivity contribution in [2.45, 2.75) is 70.3 Å². The van der Waals surface area contributed by atoms with E-state index in [1.165, 1.54) is 19.3 Å². The zero-order valence-electron chi connectivity index (χ0n) is 14.6. The van der Waals surface area contributed by atoms with Gasteiger partial charge in [0, 0.05) is 6.54 Å². The van der Waals surface area contributed by atoms with Crippen LogP contribution in [0, 0.1) is 11.8 Å². The summed E-state index contributed by atoms with van der Waals surface area (Å²) in [5.74, 6) is 0.214. The van der Waals surface area contributed by atoms with Gasteiger partial charge in [0.25, 0.3) is 5.91 Å². The maximum Gasteiger partial charge on any atom is 0.325 e. The van der Waals surface area contributed by atoms with Crippen molar-refractivity contribution in [2.75, 3.05) is 13.1 Å². The fourth-order valence-electron chi connectivity index (χ4n) is 4.49. The van der Waals surface area contributed by atoms with Gasteiger partial charge >= 0.3 is 6.03 Å². The second-order valence-corrected chi connectivity index (χ2v) is 7.75. The molecule has 0 aromatic heterocycles. The van der Waals surface area contributed by atoms with Gasteiger partial charge in [-0.3, -0.25) is 14.5 Å². The third-order valence-corrected chi connectivity index (χ3v) is 6.12. The smallest absolute Gasteiger partial charge is 0.325 e. The van der Waals surface area contributed by atoms with Crippen LogP contribution in [0.4, 0.5) is 4.79 Å². The molecular formula is C18H29N3O3.